The number of carbonyl (C=O) groups excluding carboxylic acids is 1. The van der Waals surface area contributed by atoms with E-state index in [4.69, 9.17) is 10.4 Å². The summed E-state index contributed by atoms with van der Waals surface area (Å²) in [6.45, 7) is 7.77. The van der Waals surface area contributed by atoms with Crippen LogP contribution < -0.4 is 11.2 Å². The average Bonchev–Trinajstić information content (AvgIpc) is 3.25. The maximum atomic E-state index is 12.1. The van der Waals surface area contributed by atoms with Gasteiger partial charge in [0, 0.05) is 11.8 Å². The molecular weight excluding hydrogens is 356 g/mol. The molecule has 3 aromatic heterocycles. The van der Waals surface area contributed by atoms with Crippen molar-refractivity contribution in [2.45, 2.75) is 38.8 Å². The van der Waals surface area contributed by atoms with Crippen LogP contribution in [0.3, 0.4) is 0 Å². The first-order valence-corrected chi connectivity index (χ1v) is 8.97. The summed E-state index contributed by atoms with van der Waals surface area (Å²) < 4.78 is 8.00. The van der Waals surface area contributed by atoms with Gasteiger partial charge in [-0.2, -0.15) is 5.10 Å². The second-order valence-corrected chi connectivity index (χ2v) is 7.04. The van der Waals surface area contributed by atoms with Crippen LogP contribution in [0.1, 0.15) is 36.8 Å². The van der Waals surface area contributed by atoms with Crippen molar-refractivity contribution in [2.24, 2.45) is 0 Å². The standard InChI is InChI=1S/C15H20N8O2S/c1-8(2)11-6-13(25-21-11)17-12(24)7-26-15-19-18-14(22(15)16)23-10(4)5-9(3)20-23/h5-6,8H,7,16H2,1-4H3,(H,17,24). The predicted molar refractivity (Wildman–Crippen MR) is 96.7 cm³/mol. The largest absolute Gasteiger partial charge is 0.338 e. The number of hydrogen-bond donors (Lipinski definition) is 2. The van der Waals surface area contributed by atoms with E-state index in [9.17, 15) is 4.79 Å². The van der Waals surface area contributed by atoms with Crippen molar-refractivity contribution in [1.29, 1.82) is 0 Å². The zero-order valence-electron chi connectivity index (χ0n) is 14.9. The van der Waals surface area contributed by atoms with Crippen molar-refractivity contribution in [3.05, 3.63) is 29.2 Å². The molecule has 0 fully saturated rings. The third kappa shape index (κ3) is 3.72. The molecule has 26 heavy (non-hydrogen) atoms. The Kier molecular flexibility index (Phi) is 4.98. The lowest BCUT2D eigenvalue weighted by Crippen LogP contribution is -2.18. The molecule has 10 nitrogen and oxygen atoms in total. The molecule has 0 atom stereocenters. The third-order valence-corrected chi connectivity index (χ3v) is 4.50. The van der Waals surface area contributed by atoms with Crippen LogP contribution in [0.2, 0.25) is 0 Å². The van der Waals surface area contributed by atoms with E-state index in [0.29, 0.717) is 17.0 Å². The highest BCUT2D eigenvalue weighted by Crippen LogP contribution is 2.20. The van der Waals surface area contributed by atoms with E-state index >= 15 is 0 Å². The Morgan fingerprint density at radius 3 is 2.73 bits per heavy atom. The van der Waals surface area contributed by atoms with E-state index < -0.39 is 0 Å². The Labute approximate surface area is 154 Å². The summed E-state index contributed by atoms with van der Waals surface area (Å²) in [6.07, 6.45) is 0. The highest BCUT2D eigenvalue weighted by molar-refractivity contribution is 7.99. The van der Waals surface area contributed by atoms with Crippen LogP contribution in [0.5, 0.6) is 0 Å². The molecule has 1 amide bonds. The zero-order valence-corrected chi connectivity index (χ0v) is 15.7. The summed E-state index contributed by atoms with van der Waals surface area (Å²) in [5.41, 5.74) is 2.53. The van der Waals surface area contributed by atoms with Crippen molar-refractivity contribution in [3.8, 4) is 5.95 Å². The van der Waals surface area contributed by atoms with Crippen LogP contribution in [0.25, 0.3) is 5.95 Å². The summed E-state index contributed by atoms with van der Waals surface area (Å²) in [5, 5.41) is 19.4. The fourth-order valence-corrected chi connectivity index (χ4v) is 2.92. The lowest BCUT2D eigenvalue weighted by atomic mass is 10.1. The quantitative estimate of drug-likeness (QED) is 0.490. The highest BCUT2D eigenvalue weighted by atomic mass is 32.2. The molecule has 3 heterocycles. The second-order valence-electron chi connectivity index (χ2n) is 6.10. The van der Waals surface area contributed by atoms with Gasteiger partial charge >= 0.3 is 0 Å². The van der Waals surface area contributed by atoms with Gasteiger partial charge in [-0.15, -0.1) is 10.2 Å². The number of nitrogens with zero attached hydrogens (tertiary/aromatic N) is 6. The molecule has 3 rings (SSSR count). The van der Waals surface area contributed by atoms with Crippen molar-refractivity contribution >= 4 is 23.6 Å². The van der Waals surface area contributed by atoms with Gasteiger partial charge in [-0.25, -0.2) is 9.36 Å². The van der Waals surface area contributed by atoms with E-state index in [-0.39, 0.29) is 17.6 Å². The van der Waals surface area contributed by atoms with Crippen LogP contribution in [-0.4, -0.2) is 41.5 Å². The molecule has 0 saturated carbocycles. The number of nitrogens with two attached hydrogens (primary N) is 1. The smallest absolute Gasteiger partial charge is 0.271 e. The summed E-state index contributed by atoms with van der Waals surface area (Å²) >= 11 is 1.16. The summed E-state index contributed by atoms with van der Waals surface area (Å²) in [7, 11) is 0. The average molecular weight is 376 g/mol. The van der Waals surface area contributed by atoms with Crippen LogP contribution in [-0.2, 0) is 4.79 Å². The number of aryl methyl sites for hydroxylation is 2. The molecule has 0 aliphatic rings. The number of rotatable bonds is 6. The fraction of sp³-hybridized carbons (Fsp3) is 0.400. The first-order chi connectivity index (χ1) is 12.3. The van der Waals surface area contributed by atoms with E-state index in [0.717, 1.165) is 28.8 Å². The minimum absolute atomic E-state index is 0.101. The molecule has 3 aromatic rings. The maximum Gasteiger partial charge on any atom is 0.271 e. The first-order valence-electron chi connectivity index (χ1n) is 7.98. The van der Waals surface area contributed by atoms with Crippen LogP contribution in [0.15, 0.2) is 21.8 Å². The number of thioether (sulfide) groups is 1. The van der Waals surface area contributed by atoms with Gasteiger partial charge in [0.1, 0.15) is 0 Å². The van der Waals surface area contributed by atoms with Gasteiger partial charge in [-0.05, 0) is 25.8 Å². The van der Waals surface area contributed by atoms with Gasteiger partial charge in [0.05, 0.1) is 17.1 Å². The molecule has 3 N–H and O–H groups in total. The van der Waals surface area contributed by atoms with Crippen LogP contribution in [0.4, 0.5) is 5.88 Å². The Morgan fingerprint density at radius 1 is 1.35 bits per heavy atom. The minimum atomic E-state index is -0.253. The molecule has 0 aliphatic heterocycles. The SMILES string of the molecule is Cc1cc(C)n(-c2nnc(SCC(=O)Nc3cc(C(C)C)no3)n2N)n1. The van der Waals surface area contributed by atoms with Gasteiger partial charge in [0.2, 0.25) is 16.9 Å². The molecule has 0 bridgehead atoms. The Balaban J connectivity index is 1.63. The topological polar surface area (TPSA) is 130 Å². The van der Waals surface area contributed by atoms with E-state index in [2.05, 4.69) is 25.8 Å². The Morgan fingerprint density at radius 2 is 2.12 bits per heavy atom. The molecule has 0 aromatic carbocycles. The second kappa shape index (κ2) is 7.20. The maximum absolute atomic E-state index is 12.1. The van der Waals surface area contributed by atoms with E-state index in [1.165, 1.54) is 4.68 Å². The number of amides is 1. The monoisotopic (exact) mass is 376 g/mol. The highest BCUT2D eigenvalue weighted by Gasteiger charge is 2.17. The normalized spacial score (nSPS) is 11.3. The number of hydrogen-bond acceptors (Lipinski definition) is 8. The molecule has 138 valence electrons. The molecular formula is C15H20N8O2S. The summed E-state index contributed by atoms with van der Waals surface area (Å²) in [5.74, 6) is 6.81. The van der Waals surface area contributed by atoms with Crippen molar-refractivity contribution in [3.63, 3.8) is 0 Å². The number of nitrogens with one attached hydrogen (secondary N) is 1. The third-order valence-electron chi connectivity index (χ3n) is 3.56. The number of aromatic nitrogens is 6. The Hall–Kier alpha value is -2.82. The van der Waals surface area contributed by atoms with Crippen molar-refractivity contribution < 1.29 is 9.32 Å². The van der Waals surface area contributed by atoms with Crippen molar-refractivity contribution in [1.82, 2.24) is 29.8 Å². The van der Waals surface area contributed by atoms with Gasteiger partial charge in [0.15, 0.2) is 0 Å². The molecule has 0 spiro atoms. The summed E-state index contributed by atoms with van der Waals surface area (Å²) in [4.78, 5) is 12.1. The van der Waals surface area contributed by atoms with Gasteiger partial charge in [-0.3, -0.25) is 10.1 Å². The number of anilines is 1. The van der Waals surface area contributed by atoms with Gasteiger partial charge in [0.25, 0.3) is 5.95 Å². The number of nitrogen functional groups attached to an aromatic ring is 1. The van der Waals surface area contributed by atoms with Crippen molar-refractivity contribution in [2.75, 3.05) is 16.9 Å². The zero-order chi connectivity index (χ0) is 18.8. The Bertz CT molecular complexity index is 926. The number of carbonyl (C=O) groups is 1. The fourth-order valence-electron chi connectivity index (χ4n) is 2.27. The molecule has 11 heteroatoms. The predicted octanol–water partition coefficient (Wildman–Crippen LogP) is 1.64. The lowest BCUT2D eigenvalue weighted by molar-refractivity contribution is -0.113. The first kappa shape index (κ1) is 18.0. The van der Waals surface area contributed by atoms with Gasteiger partial charge < -0.3 is 10.4 Å². The van der Waals surface area contributed by atoms with E-state index in [1.54, 1.807) is 10.7 Å². The minimum Gasteiger partial charge on any atom is -0.338 e. The van der Waals surface area contributed by atoms with Gasteiger partial charge in [-0.1, -0.05) is 30.8 Å². The van der Waals surface area contributed by atoms with Crippen LogP contribution in [0, 0.1) is 13.8 Å². The molecule has 0 saturated heterocycles. The van der Waals surface area contributed by atoms with E-state index in [1.807, 2.05) is 33.8 Å². The summed E-state index contributed by atoms with van der Waals surface area (Å²) in [6, 6.07) is 3.62. The molecule has 0 unspecified atom stereocenters. The lowest BCUT2D eigenvalue weighted by Gasteiger charge is -2.04. The molecule has 0 aliphatic carbocycles. The molecule has 0 radical (unpaired) electrons. The van der Waals surface area contributed by atoms with Crippen LogP contribution >= 0.6 is 11.8 Å².